The summed E-state index contributed by atoms with van der Waals surface area (Å²) in [6.45, 7) is 2.63. The molecule has 1 aliphatic heterocycles. The molecule has 1 saturated carbocycles. The second-order valence-corrected chi connectivity index (χ2v) is 4.73. The first-order chi connectivity index (χ1) is 7.42. The zero-order chi connectivity index (χ0) is 10.5. The monoisotopic (exact) mass is 213 g/mol. The summed E-state index contributed by atoms with van der Waals surface area (Å²) in [4.78, 5) is 0. The molecule has 0 aromatic heterocycles. The number of nitrogens with one attached hydrogen (secondary N) is 1. The molecule has 15 heavy (non-hydrogen) atoms. The summed E-state index contributed by atoms with van der Waals surface area (Å²) < 4.78 is 11.2. The maximum atomic E-state index is 5.69. The lowest BCUT2D eigenvalue weighted by Gasteiger charge is -2.37. The van der Waals surface area contributed by atoms with Gasteiger partial charge in [0.05, 0.1) is 25.4 Å². The fraction of sp³-hybridized carbons (Fsp3) is 1.00. The van der Waals surface area contributed by atoms with E-state index in [4.69, 9.17) is 9.47 Å². The van der Waals surface area contributed by atoms with Crippen LogP contribution in [0.15, 0.2) is 0 Å². The van der Waals surface area contributed by atoms with Crippen LogP contribution in [0.4, 0.5) is 0 Å². The van der Waals surface area contributed by atoms with Crippen molar-refractivity contribution in [3.8, 4) is 0 Å². The van der Waals surface area contributed by atoms with Gasteiger partial charge in [-0.05, 0) is 18.8 Å². The van der Waals surface area contributed by atoms with Crippen molar-refractivity contribution in [3.05, 3.63) is 0 Å². The summed E-state index contributed by atoms with van der Waals surface area (Å²) in [5.41, 5.74) is 0. The van der Waals surface area contributed by atoms with E-state index in [-0.39, 0.29) is 0 Å². The number of hydrogen-bond donors (Lipinski definition) is 1. The van der Waals surface area contributed by atoms with Crippen molar-refractivity contribution < 1.29 is 9.47 Å². The smallest absolute Gasteiger partial charge is 0.0774 e. The lowest BCUT2D eigenvalue weighted by molar-refractivity contribution is -0.0372. The highest BCUT2D eigenvalue weighted by molar-refractivity contribution is 4.86. The molecule has 2 fully saturated rings. The first-order valence-corrected chi connectivity index (χ1v) is 6.25. The quantitative estimate of drug-likeness (QED) is 0.772. The van der Waals surface area contributed by atoms with Gasteiger partial charge in [-0.2, -0.15) is 0 Å². The van der Waals surface area contributed by atoms with E-state index in [0.29, 0.717) is 12.1 Å². The normalized spacial score (nSPS) is 31.4. The molecular formula is C12H23NO2. The van der Waals surface area contributed by atoms with Crippen LogP contribution in [-0.4, -0.2) is 39.0 Å². The summed E-state index contributed by atoms with van der Waals surface area (Å²) >= 11 is 0. The number of hydrogen-bond acceptors (Lipinski definition) is 3. The summed E-state index contributed by atoms with van der Waals surface area (Å²) in [6.07, 6.45) is 7.16. The van der Waals surface area contributed by atoms with Gasteiger partial charge < -0.3 is 14.8 Å². The van der Waals surface area contributed by atoms with E-state index in [2.05, 4.69) is 5.32 Å². The van der Waals surface area contributed by atoms with Gasteiger partial charge in [-0.25, -0.2) is 0 Å². The minimum Gasteiger partial charge on any atom is -0.379 e. The first kappa shape index (κ1) is 11.4. The van der Waals surface area contributed by atoms with Crippen molar-refractivity contribution in [1.29, 1.82) is 0 Å². The Bertz CT molecular complexity index is 156. The highest BCUT2D eigenvalue weighted by Crippen LogP contribution is 2.29. The van der Waals surface area contributed by atoms with Gasteiger partial charge in [0.2, 0.25) is 0 Å². The van der Waals surface area contributed by atoms with E-state index in [1.165, 1.54) is 32.1 Å². The molecule has 2 atom stereocenters. The molecule has 1 unspecified atom stereocenters. The predicted octanol–water partition coefficient (Wildman–Crippen LogP) is 1.57. The van der Waals surface area contributed by atoms with Crippen molar-refractivity contribution in [2.24, 2.45) is 5.92 Å². The Morgan fingerprint density at radius 2 is 2.07 bits per heavy atom. The van der Waals surface area contributed by atoms with Crippen LogP contribution >= 0.6 is 0 Å². The molecule has 1 heterocycles. The fourth-order valence-electron chi connectivity index (χ4n) is 2.94. The van der Waals surface area contributed by atoms with E-state index in [1.54, 1.807) is 0 Å². The third-order valence-corrected chi connectivity index (χ3v) is 3.73. The second-order valence-electron chi connectivity index (χ2n) is 4.73. The minimum atomic E-state index is 0.352. The molecule has 0 aromatic carbocycles. The van der Waals surface area contributed by atoms with Crippen LogP contribution in [0.2, 0.25) is 0 Å². The number of methoxy groups -OCH3 is 1. The Morgan fingerprint density at radius 3 is 2.67 bits per heavy atom. The second kappa shape index (κ2) is 5.83. The molecule has 0 radical (unpaired) electrons. The van der Waals surface area contributed by atoms with Gasteiger partial charge in [-0.1, -0.05) is 19.3 Å². The van der Waals surface area contributed by atoms with Crippen LogP contribution in [0, 0.1) is 5.92 Å². The van der Waals surface area contributed by atoms with Gasteiger partial charge in [-0.3, -0.25) is 0 Å². The maximum absolute atomic E-state index is 5.69. The largest absolute Gasteiger partial charge is 0.379 e. The number of ether oxygens (including phenoxy) is 2. The molecule has 2 aliphatic rings. The van der Waals surface area contributed by atoms with Crippen LogP contribution in [0.3, 0.4) is 0 Å². The molecule has 3 nitrogen and oxygen atoms in total. The average Bonchev–Trinajstić information content (AvgIpc) is 2.33. The van der Waals surface area contributed by atoms with E-state index in [9.17, 15) is 0 Å². The molecule has 1 saturated heterocycles. The zero-order valence-corrected chi connectivity index (χ0v) is 9.71. The topological polar surface area (TPSA) is 30.5 Å². The third kappa shape index (κ3) is 2.92. The number of morpholine rings is 1. The lowest BCUT2D eigenvalue weighted by Crippen LogP contribution is -2.52. The SMILES string of the molecule is COC(C1CCCCC1)[C@@H]1COCCN1. The average molecular weight is 213 g/mol. The van der Waals surface area contributed by atoms with Crippen LogP contribution in [0.1, 0.15) is 32.1 Å². The van der Waals surface area contributed by atoms with Gasteiger partial charge in [-0.15, -0.1) is 0 Å². The fourth-order valence-corrected chi connectivity index (χ4v) is 2.94. The highest BCUT2D eigenvalue weighted by atomic mass is 16.5. The molecule has 3 heteroatoms. The van der Waals surface area contributed by atoms with Gasteiger partial charge >= 0.3 is 0 Å². The Balaban J connectivity index is 1.88. The van der Waals surface area contributed by atoms with Crippen LogP contribution in [0.25, 0.3) is 0 Å². The summed E-state index contributed by atoms with van der Waals surface area (Å²) in [6, 6.07) is 0.409. The van der Waals surface area contributed by atoms with E-state index in [1.807, 2.05) is 7.11 Å². The van der Waals surface area contributed by atoms with Crippen molar-refractivity contribution >= 4 is 0 Å². The van der Waals surface area contributed by atoms with Gasteiger partial charge in [0.15, 0.2) is 0 Å². The molecular weight excluding hydrogens is 190 g/mol. The molecule has 2 rings (SSSR count). The van der Waals surface area contributed by atoms with Crippen LogP contribution < -0.4 is 5.32 Å². The number of rotatable bonds is 3. The molecule has 0 spiro atoms. The first-order valence-electron chi connectivity index (χ1n) is 6.25. The van der Waals surface area contributed by atoms with Crippen molar-refractivity contribution in [1.82, 2.24) is 5.32 Å². The summed E-state index contributed by atoms with van der Waals surface area (Å²) in [7, 11) is 1.84. The molecule has 1 aliphatic carbocycles. The van der Waals surface area contributed by atoms with Crippen LogP contribution in [-0.2, 0) is 9.47 Å². The third-order valence-electron chi connectivity index (χ3n) is 3.73. The molecule has 0 aromatic rings. The summed E-state index contributed by atoms with van der Waals surface area (Å²) in [5.74, 6) is 0.739. The highest BCUT2D eigenvalue weighted by Gasteiger charge is 2.31. The van der Waals surface area contributed by atoms with Crippen molar-refractivity contribution in [2.45, 2.75) is 44.2 Å². The molecule has 0 bridgehead atoms. The lowest BCUT2D eigenvalue weighted by atomic mass is 9.82. The standard InChI is InChI=1S/C12H23NO2/c1-14-12(10-5-3-2-4-6-10)11-9-15-8-7-13-11/h10-13H,2-9H2,1H3/t11-,12?/m0/s1. The van der Waals surface area contributed by atoms with Gasteiger partial charge in [0.1, 0.15) is 0 Å². The molecule has 1 N–H and O–H groups in total. The van der Waals surface area contributed by atoms with Crippen molar-refractivity contribution in [2.75, 3.05) is 26.9 Å². The van der Waals surface area contributed by atoms with E-state index in [0.717, 1.165) is 25.7 Å². The molecule has 0 amide bonds. The van der Waals surface area contributed by atoms with Crippen LogP contribution in [0.5, 0.6) is 0 Å². The zero-order valence-electron chi connectivity index (χ0n) is 9.71. The maximum Gasteiger partial charge on any atom is 0.0774 e. The summed E-state index contributed by atoms with van der Waals surface area (Å²) in [5, 5.41) is 3.52. The Hall–Kier alpha value is -0.120. The van der Waals surface area contributed by atoms with E-state index < -0.39 is 0 Å². The Labute approximate surface area is 92.5 Å². The predicted molar refractivity (Wildman–Crippen MR) is 60.0 cm³/mol. The minimum absolute atomic E-state index is 0.352. The van der Waals surface area contributed by atoms with E-state index >= 15 is 0 Å². The van der Waals surface area contributed by atoms with Gasteiger partial charge in [0, 0.05) is 13.7 Å². The Morgan fingerprint density at radius 1 is 1.27 bits per heavy atom. The molecule has 88 valence electrons. The van der Waals surface area contributed by atoms with Crippen molar-refractivity contribution in [3.63, 3.8) is 0 Å². The Kier molecular flexibility index (Phi) is 4.42. The van der Waals surface area contributed by atoms with Gasteiger partial charge in [0.25, 0.3) is 0 Å².